The monoisotopic (exact) mass is 155 g/mol. The summed E-state index contributed by atoms with van der Waals surface area (Å²) in [5, 5.41) is 0. The first-order valence-electron chi connectivity index (χ1n) is 4.08. The predicted molar refractivity (Wildman–Crippen MR) is 47.4 cm³/mol. The van der Waals surface area contributed by atoms with Gasteiger partial charge in [0.05, 0.1) is 0 Å². The van der Waals surface area contributed by atoms with Crippen molar-refractivity contribution >= 4 is 5.91 Å². The summed E-state index contributed by atoms with van der Waals surface area (Å²) in [5.74, 6) is 0.163. The van der Waals surface area contributed by atoms with E-state index >= 15 is 0 Å². The minimum Gasteiger partial charge on any atom is -0.343 e. The van der Waals surface area contributed by atoms with Gasteiger partial charge in [-0.15, -0.1) is 6.58 Å². The molecule has 0 saturated heterocycles. The molecule has 0 aliphatic rings. The number of carbonyl (C=O) groups is 1. The highest BCUT2D eigenvalue weighted by atomic mass is 16.2. The van der Waals surface area contributed by atoms with E-state index in [0.29, 0.717) is 0 Å². The topological polar surface area (TPSA) is 20.3 Å². The van der Waals surface area contributed by atoms with Gasteiger partial charge in [-0.25, -0.2) is 0 Å². The number of nitrogens with zero attached hydrogens (tertiary/aromatic N) is 1. The Morgan fingerprint density at radius 2 is 2.27 bits per heavy atom. The first-order chi connectivity index (χ1) is 5.22. The average Bonchev–Trinajstić information content (AvgIpc) is 1.97. The lowest BCUT2D eigenvalue weighted by molar-refractivity contribution is -0.128. The number of amides is 1. The van der Waals surface area contributed by atoms with Crippen molar-refractivity contribution in [2.75, 3.05) is 13.1 Å². The predicted octanol–water partition coefficient (Wildman–Crippen LogP) is 1.82. The maximum atomic E-state index is 10.9. The summed E-state index contributed by atoms with van der Waals surface area (Å²) in [6.07, 6.45) is 3.90. The molecule has 0 radical (unpaired) electrons. The molecule has 0 rings (SSSR count). The first-order valence-corrected chi connectivity index (χ1v) is 4.08. The molecule has 0 saturated carbocycles. The minimum atomic E-state index is 0.163. The number of allylic oxidation sites excluding steroid dienone is 1. The highest BCUT2D eigenvalue weighted by molar-refractivity contribution is 5.73. The molecule has 0 fully saturated rings. The lowest BCUT2D eigenvalue weighted by Crippen LogP contribution is -2.29. The average molecular weight is 155 g/mol. The van der Waals surface area contributed by atoms with E-state index in [0.717, 1.165) is 25.9 Å². The number of hydrogen-bond donors (Lipinski definition) is 0. The van der Waals surface area contributed by atoms with Crippen LogP contribution in [0.3, 0.4) is 0 Å². The lowest BCUT2D eigenvalue weighted by atomic mass is 10.3. The molecule has 64 valence electrons. The third-order valence-electron chi connectivity index (χ3n) is 1.66. The molecule has 0 heterocycles. The highest BCUT2D eigenvalue weighted by Crippen LogP contribution is 1.95. The molecule has 0 unspecified atom stereocenters. The Kier molecular flexibility index (Phi) is 5.53. The van der Waals surface area contributed by atoms with Gasteiger partial charge in [-0.1, -0.05) is 6.08 Å². The fraction of sp³-hybridized carbons (Fsp3) is 0.667. The third-order valence-corrected chi connectivity index (χ3v) is 1.66. The molecule has 0 N–H and O–H groups in total. The van der Waals surface area contributed by atoms with Crippen LogP contribution in [-0.4, -0.2) is 23.9 Å². The molecule has 0 aliphatic heterocycles. The number of unbranched alkanes of at least 4 members (excludes halogenated alkanes) is 1. The summed E-state index contributed by atoms with van der Waals surface area (Å²) in [6.45, 7) is 8.90. The molecule has 0 aromatic rings. The van der Waals surface area contributed by atoms with E-state index in [2.05, 4.69) is 6.58 Å². The fourth-order valence-electron chi connectivity index (χ4n) is 0.965. The molecule has 0 atom stereocenters. The van der Waals surface area contributed by atoms with Crippen LogP contribution < -0.4 is 0 Å². The van der Waals surface area contributed by atoms with Crippen LogP contribution in [-0.2, 0) is 4.79 Å². The standard InChI is InChI=1S/C9H17NO/c1-4-6-7-8-10(5-2)9(3)11/h4H,1,5-8H2,2-3H3. The van der Waals surface area contributed by atoms with E-state index in [1.165, 1.54) is 0 Å². The van der Waals surface area contributed by atoms with Crippen molar-refractivity contribution in [3.63, 3.8) is 0 Å². The SMILES string of the molecule is C=CCCCN(CC)C(C)=O. The van der Waals surface area contributed by atoms with E-state index in [1.807, 2.05) is 17.9 Å². The lowest BCUT2D eigenvalue weighted by Gasteiger charge is -2.17. The summed E-state index contributed by atoms with van der Waals surface area (Å²) in [4.78, 5) is 12.7. The number of hydrogen-bond acceptors (Lipinski definition) is 1. The fourth-order valence-corrected chi connectivity index (χ4v) is 0.965. The molecular formula is C9H17NO. The van der Waals surface area contributed by atoms with Gasteiger partial charge < -0.3 is 4.90 Å². The van der Waals surface area contributed by atoms with Crippen molar-refractivity contribution < 1.29 is 4.79 Å². The second kappa shape index (κ2) is 5.96. The van der Waals surface area contributed by atoms with Gasteiger partial charge in [0.1, 0.15) is 0 Å². The summed E-state index contributed by atoms with van der Waals surface area (Å²) in [6, 6.07) is 0. The molecule has 0 aromatic carbocycles. The first kappa shape index (κ1) is 10.2. The second-order valence-electron chi connectivity index (χ2n) is 2.53. The summed E-state index contributed by atoms with van der Waals surface area (Å²) >= 11 is 0. The van der Waals surface area contributed by atoms with Crippen molar-refractivity contribution in [2.45, 2.75) is 26.7 Å². The molecule has 0 aromatic heterocycles. The molecule has 2 heteroatoms. The molecule has 11 heavy (non-hydrogen) atoms. The van der Waals surface area contributed by atoms with Gasteiger partial charge in [0, 0.05) is 20.0 Å². The van der Waals surface area contributed by atoms with Gasteiger partial charge in [0.15, 0.2) is 0 Å². The van der Waals surface area contributed by atoms with Crippen LogP contribution in [0.2, 0.25) is 0 Å². The number of rotatable bonds is 5. The van der Waals surface area contributed by atoms with E-state index in [1.54, 1.807) is 6.92 Å². The molecular weight excluding hydrogens is 138 g/mol. The summed E-state index contributed by atoms with van der Waals surface area (Å²) in [7, 11) is 0. The van der Waals surface area contributed by atoms with Gasteiger partial charge in [-0.2, -0.15) is 0 Å². The second-order valence-corrected chi connectivity index (χ2v) is 2.53. The van der Waals surface area contributed by atoms with Crippen molar-refractivity contribution in [3.05, 3.63) is 12.7 Å². The summed E-state index contributed by atoms with van der Waals surface area (Å²) in [5.41, 5.74) is 0. The minimum absolute atomic E-state index is 0.163. The van der Waals surface area contributed by atoms with E-state index in [9.17, 15) is 4.79 Å². The van der Waals surface area contributed by atoms with Crippen molar-refractivity contribution in [3.8, 4) is 0 Å². The van der Waals surface area contributed by atoms with Gasteiger partial charge >= 0.3 is 0 Å². The Balaban J connectivity index is 3.52. The van der Waals surface area contributed by atoms with Crippen LogP contribution in [0.4, 0.5) is 0 Å². The van der Waals surface area contributed by atoms with Crippen molar-refractivity contribution in [1.82, 2.24) is 4.90 Å². The van der Waals surface area contributed by atoms with Crippen LogP contribution in [0.15, 0.2) is 12.7 Å². The Bertz CT molecular complexity index is 132. The van der Waals surface area contributed by atoms with E-state index in [-0.39, 0.29) is 5.91 Å². The normalized spacial score (nSPS) is 9.27. The zero-order valence-electron chi connectivity index (χ0n) is 7.47. The molecule has 0 aliphatic carbocycles. The van der Waals surface area contributed by atoms with Gasteiger partial charge in [0.2, 0.25) is 5.91 Å². The molecule has 1 amide bonds. The van der Waals surface area contributed by atoms with Crippen LogP contribution in [0.25, 0.3) is 0 Å². The van der Waals surface area contributed by atoms with Crippen molar-refractivity contribution in [2.24, 2.45) is 0 Å². The largest absolute Gasteiger partial charge is 0.343 e. The van der Waals surface area contributed by atoms with E-state index < -0.39 is 0 Å². The Labute approximate surface area is 68.9 Å². The highest BCUT2D eigenvalue weighted by Gasteiger charge is 2.02. The Hall–Kier alpha value is -0.790. The van der Waals surface area contributed by atoms with Crippen LogP contribution >= 0.6 is 0 Å². The Morgan fingerprint density at radius 3 is 2.64 bits per heavy atom. The van der Waals surface area contributed by atoms with Crippen LogP contribution in [0.1, 0.15) is 26.7 Å². The van der Waals surface area contributed by atoms with Gasteiger partial charge in [0.25, 0.3) is 0 Å². The van der Waals surface area contributed by atoms with Crippen LogP contribution in [0, 0.1) is 0 Å². The summed E-state index contributed by atoms with van der Waals surface area (Å²) < 4.78 is 0. The van der Waals surface area contributed by atoms with E-state index in [4.69, 9.17) is 0 Å². The zero-order valence-corrected chi connectivity index (χ0v) is 7.47. The Morgan fingerprint density at radius 1 is 1.64 bits per heavy atom. The van der Waals surface area contributed by atoms with Gasteiger partial charge in [-0.3, -0.25) is 4.79 Å². The smallest absolute Gasteiger partial charge is 0.219 e. The molecule has 0 spiro atoms. The molecule has 2 nitrogen and oxygen atoms in total. The quantitative estimate of drug-likeness (QED) is 0.438. The maximum Gasteiger partial charge on any atom is 0.219 e. The van der Waals surface area contributed by atoms with Crippen LogP contribution in [0.5, 0.6) is 0 Å². The molecule has 0 bridgehead atoms. The van der Waals surface area contributed by atoms with Crippen molar-refractivity contribution in [1.29, 1.82) is 0 Å². The zero-order chi connectivity index (χ0) is 8.69. The maximum absolute atomic E-state index is 10.9. The number of carbonyl (C=O) groups excluding carboxylic acids is 1. The third kappa shape index (κ3) is 4.59. The van der Waals surface area contributed by atoms with Gasteiger partial charge in [-0.05, 0) is 19.8 Å².